The molecule has 0 heterocycles. The normalized spacial score (nSPS) is 11.5. The van der Waals surface area contributed by atoms with Crippen LogP contribution in [0.2, 0.25) is 24.7 Å². The summed E-state index contributed by atoms with van der Waals surface area (Å²) in [5, 5.41) is 11.3. The summed E-state index contributed by atoms with van der Waals surface area (Å²) in [5.74, 6) is 0. The minimum Gasteiger partial charge on any atom is -0.413 e. The van der Waals surface area contributed by atoms with E-state index in [1.165, 1.54) is 12.1 Å². The van der Waals surface area contributed by atoms with Crippen molar-refractivity contribution in [3.05, 3.63) is 38.9 Å². The second-order valence-corrected chi connectivity index (χ2v) is 9.38. The predicted octanol–water partition coefficient (Wildman–Crippen LogP) is 3.60. The first-order valence-electron chi connectivity index (χ1n) is 4.86. The van der Waals surface area contributed by atoms with Crippen molar-refractivity contribution in [2.75, 3.05) is 0 Å². The number of nitro groups is 1. The molecule has 0 aliphatic heterocycles. The topological polar surface area (TPSA) is 52.4 Å². The summed E-state index contributed by atoms with van der Waals surface area (Å²) < 4.78 is 5.64. The zero-order valence-electron chi connectivity index (χ0n) is 9.49. The van der Waals surface area contributed by atoms with E-state index in [1.807, 2.05) is 19.6 Å². The SMILES string of the molecule is C[Si](C)(C)OCc1cc(Cl)ccc1[N+](=O)[O-]. The van der Waals surface area contributed by atoms with Gasteiger partial charge in [0.05, 0.1) is 17.1 Å². The van der Waals surface area contributed by atoms with E-state index >= 15 is 0 Å². The van der Waals surface area contributed by atoms with Gasteiger partial charge in [-0.15, -0.1) is 0 Å². The van der Waals surface area contributed by atoms with Crippen molar-refractivity contribution in [3.63, 3.8) is 0 Å². The van der Waals surface area contributed by atoms with Gasteiger partial charge in [-0.25, -0.2) is 0 Å². The van der Waals surface area contributed by atoms with Crippen LogP contribution in [0.1, 0.15) is 5.56 Å². The fourth-order valence-corrected chi connectivity index (χ4v) is 1.93. The summed E-state index contributed by atoms with van der Waals surface area (Å²) in [6, 6.07) is 4.50. The van der Waals surface area contributed by atoms with Crippen LogP contribution in [0, 0.1) is 10.1 Å². The molecule has 0 fully saturated rings. The number of benzene rings is 1. The Morgan fingerprint density at radius 2 is 2.06 bits per heavy atom. The summed E-state index contributed by atoms with van der Waals surface area (Å²) in [5.41, 5.74) is 0.586. The highest BCUT2D eigenvalue weighted by atomic mass is 35.5. The Bertz CT molecular complexity index is 404. The Hall–Kier alpha value is -0.913. The molecule has 0 amide bonds. The summed E-state index contributed by atoms with van der Waals surface area (Å²) in [6.45, 7) is 6.34. The minimum atomic E-state index is -1.68. The molecule has 1 rings (SSSR count). The van der Waals surface area contributed by atoms with Crippen LogP contribution in [0.15, 0.2) is 18.2 Å². The molecule has 0 saturated carbocycles. The second-order valence-electron chi connectivity index (χ2n) is 4.43. The van der Waals surface area contributed by atoms with Gasteiger partial charge in [-0.1, -0.05) is 11.6 Å². The van der Waals surface area contributed by atoms with Gasteiger partial charge in [0.15, 0.2) is 8.32 Å². The van der Waals surface area contributed by atoms with Crippen molar-refractivity contribution < 1.29 is 9.35 Å². The van der Waals surface area contributed by atoms with Crippen LogP contribution < -0.4 is 0 Å². The Kier molecular flexibility index (Phi) is 4.07. The summed E-state index contributed by atoms with van der Waals surface area (Å²) >= 11 is 5.80. The van der Waals surface area contributed by atoms with E-state index in [1.54, 1.807) is 6.07 Å². The molecular formula is C10H14ClNO3Si. The third-order valence-electron chi connectivity index (χ3n) is 1.90. The fraction of sp³-hybridized carbons (Fsp3) is 0.400. The number of rotatable bonds is 4. The van der Waals surface area contributed by atoms with Crippen LogP contribution in [-0.2, 0) is 11.0 Å². The molecule has 0 aromatic heterocycles. The van der Waals surface area contributed by atoms with Crippen molar-refractivity contribution in [2.24, 2.45) is 0 Å². The zero-order valence-corrected chi connectivity index (χ0v) is 11.2. The first-order valence-corrected chi connectivity index (χ1v) is 8.65. The monoisotopic (exact) mass is 259 g/mol. The lowest BCUT2D eigenvalue weighted by molar-refractivity contribution is -0.385. The summed E-state index contributed by atoms with van der Waals surface area (Å²) in [7, 11) is -1.68. The van der Waals surface area contributed by atoms with Gasteiger partial charge in [0, 0.05) is 11.1 Å². The molecule has 0 aliphatic carbocycles. The van der Waals surface area contributed by atoms with Crippen molar-refractivity contribution in [1.82, 2.24) is 0 Å². The Morgan fingerprint density at radius 1 is 1.44 bits per heavy atom. The summed E-state index contributed by atoms with van der Waals surface area (Å²) in [6.07, 6.45) is 0. The lowest BCUT2D eigenvalue weighted by atomic mass is 10.2. The molecule has 0 aliphatic rings. The molecule has 0 bridgehead atoms. The average Bonchev–Trinajstić information content (AvgIpc) is 2.13. The van der Waals surface area contributed by atoms with Gasteiger partial charge in [-0.05, 0) is 31.8 Å². The van der Waals surface area contributed by atoms with Gasteiger partial charge in [-0.3, -0.25) is 10.1 Å². The predicted molar refractivity (Wildman–Crippen MR) is 66.2 cm³/mol. The van der Waals surface area contributed by atoms with Crippen LogP contribution in [-0.4, -0.2) is 13.2 Å². The van der Waals surface area contributed by atoms with Gasteiger partial charge in [0.2, 0.25) is 0 Å². The van der Waals surface area contributed by atoms with Crippen LogP contribution in [0.4, 0.5) is 5.69 Å². The highest BCUT2D eigenvalue weighted by Crippen LogP contribution is 2.24. The maximum Gasteiger partial charge on any atom is 0.274 e. The number of nitrogens with zero attached hydrogens (tertiary/aromatic N) is 1. The van der Waals surface area contributed by atoms with Gasteiger partial charge in [0.25, 0.3) is 5.69 Å². The molecule has 6 heteroatoms. The molecule has 1 aromatic carbocycles. The smallest absolute Gasteiger partial charge is 0.274 e. The van der Waals surface area contributed by atoms with E-state index in [-0.39, 0.29) is 12.3 Å². The average molecular weight is 260 g/mol. The number of halogens is 1. The van der Waals surface area contributed by atoms with Gasteiger partial charge >= 0.3 is 0 Å². The largest absolute Gasteiger partial charge is 0.413 e. The molecule has 4 nitrogen and oxygen atoms in total. The Morgan fingerprint density at radius 3 is 2.56 bits per heavy atom. The van der Waals surface area contributed by atoms with Crippen molar-refractivity contribution >= 4 is 25.6 Å². The molecule has 0 N–H and O–H groups in total. The Balaban J connectivity index is 2.93. The highest BCUT2D eigenvalue weighted by Gasteiger charge is 2.19. The van der Waals surface area contributed by atoms with E-state index in [2.05, 4.69) is 0 Å². The van der Waals surface area contributed by atoms with Crippen LogP contribution in [0.3, 0.4) is 0 Å². The van der Waals surface area contributed by atoms with Crippen LogP contribution in [0.25, 0.3) is 0 Å². The molecule has 0 unspecified atom stereocenters. The molecular weight excluding hydrogens is 246 g/mol. The zero-order chi connectivity index (χ0) is 12.3. The van der Waals surface area contributed by atoms with Crippen molar-refractivity contribution in [2.45, 2.75) is 26.2 Å². The molecule has 1 aromatic rings. The minimum absolute atomic E-state index is 0.0580. The molecule has 0 saturated heterocycles. The van der Waals surface area contributed by atoms with E-state index < -0.39 is 13.2 Å². The summed E-state index contributed by atoms with van der Waals surface area (Å²) in [4.78, 5) is 10.4. The van der Waals surface area contributed by atoms with Gasteiger partial charge < -0.3 is 4.43 Å². The number of hydrogen-bond donors (Lipinski definition) is 0. The van der Waals surface area contributed by atoms with Gasteiger partial charge in [0.1, 0.15) is 0 Å². The van der Waals surface area contributed by atoms with E-state index in [0.29, 0.717) is 10.6 Å². The first-order chi connectivity index (χ1) is 7.29. The molecule has 0 radical (unpaired) electrons. The number of hydrogen-bond acceptors (Lipinski definition) is 3. The lowest BCUT2D eigenvalue weighted by Crippen LogP contribution is -2.25. The first kappa shape index (κ1) is 13.2. The van der Waals surface area contributed by atoms with Gasteiger partial charge in [-0.2, -0.15) is 0 Å². The van der Waals surface area contributed by atoms with E-state index in [9.17, 15) is 10.1 Å². The quantitative estimate of drug-likeness (QED) is 0.472. The van der Waals surface area contributed by atoms with E-state index in [0.717, 1.165) is 0 Å². The van der Waals surface area contributed by atoms with Crippen LogP contribution in [0.5, 0.6) is 0 Å². The molecule has 16 heavy (non-hydrogen) atoms. The molecule has 0 atom stereocenters. The van der Waals surface area contributed by atoms with Crippen LogP contribution >= 0.6 is 11.6 Å². The number of nitro benzene ring substituents is 1. The highest BCUT2D eigenvalue weighted by molar-refractivity contribution is 6.69. The van der Waals surface area contributed by atoms with E-state index in [4.69, 9.17) is 16.0 Å². The third-order valence-corrected chi connectivity index (χ3v) is 3.14. The second kappa shape index (κ2) is 4.95. The van der Waals surface area contributed by atoms with Crippen molar-refractivity contribution in [1.29, 1.82) is 0 Å². The third kappa shape index (κ3) is 3.92. The fourth-order valence-electron chi connectivity index (χ4n) is 1.14. The Labute approximate surface area is 100 Å². The molecule has 88 valence electrons. The maximum atomic E-state index is 10.8. The lowest BCUT2D eigenvalue weighted by Gasteiger charge is -2.17. The maximum absolute atomic E-state index is 10.8. The standard InChI is InChI=1S/C10H14ClNO3Si/c1-16(2,3)15-7-8-6-9(11)4-5-10(8)12(13)14/h4-6H,7H2,1-3H3. The van der Waals surface area contributed by atoms with Crippen molar-refractivity contribution in [3.8, 4) is 0 Å². The molecule has 0 spiro atoms.